The monoisotopic (exact) mass is 269 g/mol. The number of amides is 1. The van der Waals surface area contributed by atoms with Crippen LogP contribution in [0.25, 0.3) is 0 Å². The van der Waals surface area contributed by atoms with E-state index in [1.807, 2.05) is 0 Å². The maximum Gasteiger partial charge on any atom is 0.242 e. The van der Waals surface area contributed by atoms with E-state index in [0.29, 0.717) is 12.1 Å². The van der Waals surface area contributed by atoms with Crippen LogP contribution in [0.3, 0.4) is 0 Å². The van der Waals surface area contributed by atoms with E-state index in [-0.39, 0.29) is 23.3 Å². The molecule has 1 N–H and O–H groups in total. The molecule has 0 aliphatic carbocycles. The summed E-state index contributed by atoms with van der Waals surface area (Å²) in [5.74, 6) is -0.0504. The zero-order valence-corrected chi connectivity index (χ0v) is 11.1. The molecule has 98 valence electrons. The number of aromatic nitrogens is 1. The number of hydrogen-bond donors (Lipinski definition) is 1. The average molecular weight is 269 g/mol. The normalized spacial score (nSPS) is 20.4. The lowest BCUT2D eigenvalue weighted by molar-refractivity contribution is -0.126. The van der Waals surface area contributed by atoms with Gasteiger partial charge in [-0.05, 0) is 18.6 Å². The summed E-state index contributed by atoms with van der Waals surface area (Å²) >= 11 is 0. The molecule has 2 heterocycles. The van der Waals surface area contributed by atoms with Crippen molar-refractivity contribution >= 4 is 15.9 Å². The summed E-state index contributed by atoms with van der Waals surface area (Å²) in [6.45, 7) is 2.11. The molecule has 1 aliphatic rings. The molecule has 1 fully saturated rings. The zero-order valence-electron chi connectivity index (χ0n) is 10.3. The van der Waals surface area contributed by atoms with Crippen LogP contribution in [-0.2, 0) is 14.8 Å². The molecule has 1 unspecified atom stereocenters. The number of rotatable bonds is 3. The Balaban J connectivity index is 2.19. The van der Waals surface area contributed by atoms with Gasteiger partial charge in [-0.15, -0.1) is 0 Å². The van der Waals surface area contributed by atoms with Gasteiger partial charge in [-0.2, -0.15) is 0 Å². The first-order valence-corrected chi connectivity index (χ1v) is 7.05. The number of likely N-dealkylation sites (tertiary alicyclic amines) is 1. The molecular formula is C11H15N3O3S. The Hall–Kier alpha value is -1.47. The molecule has 0 aromatic carbocycles. The smallest absolute Gasteiger partial charge is 0.242 e. The minimum absolute atomic E-state index is 0.0504. The van der Waals surface area contributed by atoms with E-state index in [9.17, 15) is 13.2 Å². The lowest BCUT2D eigenvalue weighted by Gasteiger charge is -2.13. The molecule has 18 heavy (non-hydrogen) atoms. The first kappa shape index (κ1) is 13.0. The molecule has 0 radical (unpaired) electrons. The van der Waals surface area contributed by atoms with Crippen molar-refractivity contribution in [1.29, 1.82) is 0 Å². The summed E-state index contributed by atoms with van der Waals surface area (Å²) in [6.07, 6.45) is 3.06. The molecule has 0 bridgehead atoms. The van der Waals surface area contributed by atoms with Gasteiger partial charge in [0, 0.05) is 38.4 Å². The number of aryl methyl sites for hydroxylation is 1. The molecule has 0 spiro atoms. The molecule has 2 rings (SSSR count). The molecule has 0 saturated carbocycles. The van der Waals surface area contributed by atoms with E-state index in [0.717, 1.165) is 0 Å². The number of nitrogens with zero attached hydrogens (tertiary/aromatic N) is 2. The van der Waals surface area contributed by atoms with E-state index in [4.69, 9.17) is 0 Å². The Labute approximate surface area is 106 Å². The average Bonchev–Trinajstić information content (AvgIpc) is 2.57. The first-order valence-electron chi connectivity index (χ1n) is 5.57. The SMILES string of the molecule is Cc1ccncc1S(=O)(=O)NC1CC(=O)N(C)C1. The highest BCUT2D eigenvalue weighted by Gasteiger charge is 2.31. The van der Waals surface area contributed by atoms with E-state index >= 15 is 0 Å². The molecule has 7 heteroatoms. The van der Waals surface area contributed by atoms with Crippen LogP contribution in [0.2, 0.25) is 0 Å². The quantitative estimate of drug-likeness (QED) is 0.831. The van der Waals surface area contributed by atoms with Crippen LogP contribution in [0.1, 0.15) is 12.0 Å². The van der Waals surface area contributed by atoms with Crippen LogP contribution in [-0.4, -0.2) is 43.8 Å². The zero-order chi connectivity index (χ0) is 13.3. The van der Waals surface area contributed by atoms with E-state index < -0.39 is 10.0 Å². The van der Waals surface area contributed by atoms with E-state index in [1.165, 1.54) is 11.1 Å². The molecule has 1 aromatic rings. The van der Waals surface area contributed by atoms with Gasteiger partial charge in [0.15, 0.2) is 0 Å². The van der Waals surface area contributed by atoms with Crippen molar-refractivity contribution in [1.82, 2.24) is 14.6 Å². The molecule has 6 nitrogen and oxygen atoms in total. The van der Waals surface area contributed by atoms with Crippen LogP contribution in [0, 0.1) is 6.92 Å². The highest BCUT2D eigenvalue weighted by atomic mass is 32.2. The van der Waals surface area contributed by atoms with Gasteiger partial charge in [-0.1, -0.05) is 0 Å². The molecule has 1 saturated heterocycles. The first-order chi connectivity index (χ1) is 8.40. The Morgan fingerprint density at radius 2 is 2.22 bits per heavy atom. The Morgan fingerprint density at radius 3 is 2.78 bits per heavy atom. The predicted octanol–water partition coefficient (Wildman–Crippen LogP) is -0.101. The fourth-order valence-electron chi connectivity index (χ4n) is 1.96. The topological polar surface area (TPSA) is 79.4 Å². The molecular weight excluding hydrogens is 254 g/mol. The van der Waals surface area contributed by atoms with Crippen LogP contribution in [0.15, 0.2) is 23.4 Å². The number of sulfonamides is 1. The Bertz CT molecular complexity index is 571. The number of pyridine rings is 1. The number of likely N-dealkylation sites (N-methyl/N-ethyl adjacent to an activating group) is 1. The second-order valence-electron chi connectivity index (χ2n) is 4.44. The maximum absolute atomic E-state index is 12.1. The van der Waals surface area contributed by atoms with Gasteiger partial charge in [0.2, 0.25) is 15.9 Å². The number of carbonyl (C=O) groups is 1. The number of nitrogens with one attached hydrogen (secondary N) is 1. The highest BCUT2D eigenvalue weighted by molar-refractivity contribution is 7.89. The van der Waals surface area contributed by atoms with Gasteiger partial charge < -0.3 is 4.90 Å². The van der Waals surface area contributed by atoms with Crippen molar-refractivity contribution < 1.29 is 13.2 Å². The van der Waals surface area contributed by atoms with Crippen LogP contribution >= 0.6 is 0 Å². The van der Waals surface area contributed by atoms with Gasteiger partial charge in [0.25, 0.3) is 0 Å². The summed E-state index contributed by atoms with van der Waals surface area (Å²) < 4.78 is 26.8. The summed E-state index contributed by atoms with van der Waals surface area (Å²) in [5.41, 5.74) is 0.634. The number of hydrogen-bond acceptors (Lipinski definition) is 4. The summed E-state index contributed by atoms with van der Waals surface area (Å²) in [5, 5.41) is 0. The van der Waals surface area contributed by atoms with Gasteiger partial charge in [-0.25, -0.2) is 13.1 Å². The minimum atomic E-state index is -3.61. The van der Waals surface area contributed by atoms with E-state index in [2.05, 4.69) is 9.71 Å². The van der Waals surface area contributed by atoms with Crippen LogP contribution in [0.4, 0.5) is 0 Å². The van der Waals surface area contributed by atoms with E-state index in [1.54, 1.807) is 26.2 Å². The highest BCUT2D eigenvalue weighted by Crippen LogP contribution is 2.16. The van der Waals surface area contributed by atoms with Crippen molar-refractivity contribution in [2.24, 2.45) is 0 Å². The standard InChI is InChI=1S/C11H15N3O3S/c1-8-3-4-12-6-10(8)18(16,17)13-9-5-11(15)14(2)7-9/h3-4,6,9,13H,5,7H2,1-2H3. The van der Waals surface area contributed by atoms with Gasteiger partial charge in [0.1, 0.15) is 4.90 Å². The fourth-order valence-corrected chi connectivity index (χ4v) is 3.37. The van der Waals surface area contributed by atoms with Crippen molar-refractivity contribution in [3.8, 4) is 0 Å². The Kier molecular flexibility index (Phi) is 3.36. The maximum atomic E-state index is 12.1. The third-order valence-electron chi connectivity index (χ3n) is 2.94. The van der Waals surface area contributed by atoms with Crippen molar-refractivity contribution in [3.63, 3.8) is 0 Å². The Morgan fingerprint density at radius 1 is 1.50 bits per heavy atom. The number of carbonyl (C=O) groups excluding carboxylic acids is 1. The second kappa shape index (κ2) is 4.66. The lowest BCUT2D eigenvalue weighted by atomic mass is 10.3. The van der Waals surface area contributed by atoms with Crippen molar-refractivity contribution in [3.05, 3.63) is 24.0 Å². The third-order valence-corrected chi connectivity index (χ3v) is 4.59. The second-order valence-corrected chi connectivity index (χ2v) is 6.12. The lowest BCUT2D eigenvalue weighted by Crippen LogP contribution is -2.36. The van der Waals surface area contributed by atoms with Crippen LogP contribution < -0.4 is 4.72 Å². The molecule has 1 amide bonds. The summed E-state index contributed by atoms with van der Waals surface area (Å²) in [7, 11) is -1.95. The molecule has 1 aliphatic heterocycles. The third kappa shape index (κ3) is 2.51. The molecule has 1 atom stereocenters. The summed E-state index contributed by atoms with van der Waals surface area (Å²) in [6, 6.07) is 1.27. The van der Waals surface area contributed by atoms with Crippen molar-refractivity contribution in [2.75, 3.05) is 13.6 Å². The summed E-state index contributed by atoms with van der Waals surface area (Å²) in [4.78, 5) is 16.8. The van der Waals surface area contributed by atoms with Gasteiger partial charge in [-0.3, -0.25) is 9.78 Å². The van der Waals surface area contributed by atoms with Gasteiger partial charge >= 0.3 is 0 Å². The molecule has 1 aromatic heterocycles. The van der Waals surface area contributed by atoms with Crippen LogP contribution in [0.5, 0.6) is 0 Å². The fraction of sp³-hybridized carbons (Fsp3) is 0.455. The largest absolute Gasteiger partial charge is 0.344 e. The van der Waals surface area contributed by atoms with Gasteiger partial charge in [0.05, 0.1) is 0 Å². The minimum Gasteiger partial charge on any atom is -0.344 e. The van der Waals surface area contributed by atoms with Crippen molar-refractivity contribution in [2.45, 2.75) is 24.3 Å². The predicted molar refractivity (Wildman–Crippen MR) is 65.3 cm³/mol.